The zero-order chi connectivity index (χ0) is 27.9. The van der Waals surface area contributed by atoms with Crippen molar-refractivity contribution >= 4 is 17.5 Å². The van der Waals surface area contributed by atoms with E-state index >= 15 is 0 Å². The number of rotatable bonds is 6. The lowest BCUT2D eigenvalue weighted by Crippen LogP contribution is -2.54. The molecule has 2 saturated heterocycles. The Kier molecular flexibility index (Phi) is 7.16. The summed E-state index contributed by atoms with van der Waals surface area (Å²) in [6, 6.07) is 19.9. The zero-order valence-electron chi connectivity index (χ0n) is 24.2. The van der Waals surface area contributed by atoms with Gasteiger partial charge in [-0.25, -0.2) is 5.43 Å². The summed E-state index contributed by atoms with van der Waals surface area (Å²) >= 11 is 0. The average molecular weight is 555 g/mol. The van der Waals surface area contributed by atoms with Gasteiger partial charge < -0.3 is 9.80 Å². The molecular weight excluding hydrogens is 512 g/mol. The van der Waals surface area contributed by atoms with Gasteiger partial charge in [0.05, 0.1) is 0 Å². The fourth-order valence-corrected chi connectivity index (χ4v) is 7.56. The van der Waals surface area contributed by atoms with Gasteiger partial charge in [-0.1, -0.05) is 55.3 Å². The Morgan fingerprint density at radius 1 is 1.02 bits per heavy atom. The molecule has 0 bridgehead atoms. The number of fused-ring (bicyclic) bond motifs is 6. The van der Waals surface area contributed by atoms with Crippen molar-refractivity contribution < 1.29 is 4.79 Å². The molecule has 0 radical (unpaired) electrons. The van der Waals surface area contributed by atoms with Crippen molar-refractivity contribution in [1.82, 2.24) is 30.4 Å². The lowest BCUT2D eigenvalue weighted by molar-refractivity contribution is -0.132. The van der Waals surface area contributed by atoms with Crippen LogP contribution in [0.4, 0.5) is 11.6 Å². The number of hydrogen-bond donors (Lipinski definition) is 2. The SMILES string of the molecule is Cc1cccc(N2CCN(C(=O)CCCc3nnc4n3C3CCCCC3C3NC(c5ccccc5)NN43)C[C@@H]2C)c1. The minimum Gasteiger partial charge on any atom is -0.365 e. The topological polar surface area (TPSA) is 81.6 Å². The van der Waals surface area contributed by atoms with Gasteiger partial charge in [0.1, 0.15) is 18.2 Å². The predicted molar refractivity (Wildman–Crippen MR) is 160 cm³/mol. The first kappa shape index (κ1) is 26.5. The molecule has 216 valence electrons. The summed E-state index contributed by atoms with van der Waals surface area (Å²) in [6.45, 7) is 6.78. The molecule has 9 heteroatoms. The van der Waals surface area contributed by atoms with E-state index in [1.165, 1.54) is 36.1 Å². The fourth-order valence-electron chi connectivity index (χ4n) is 7.56. The molecule has 2 aromatic carbocycles. The lowest BCUT2D eigenvalue weighted by atomic mass is 9.81. The Morgan fingerprint density at radius 2 is 1.88 bits per heavy atom. The van der Waals surface area contributed by atoms with Crippen molar-refractivity contribution in [1.29, 1.82) is 0 Å². The van der Waals surface area contributed by atoms with Crippen LogP contribution in [0.3, 0.4) is 0 Å². The number of benzene rings is 2. The molecule has 9 nitrogen and oxygen atoms in total. The van der Waals surface area contributed by atoms with Crippen LogP contribution in [-0.2, 0) is 11.2 Å². The van der Waals surface area contributed by atoms with E-state index in [9.17, 15) is 4.79 Å². The van der Waals surface area contributed by atoms with Crippen molar-refractivity contribution in [3.63, 3.8) is 0 Å². The number of nitrogens with zero attached hydrogens (tertiary/aromatic N) is 6. The molecule has 5 atom stereocenters. The number of aromatic nitrogens is 3. The van der Waals surface area contributed by atoms with Crippen LogP contribution in [0.2, 0.25) is 0 Å². The predicted octanol–water partition coefficient (Wildman–Crippen LogP) is 4.33. The van der Waals surface area contributed by atoms with Crippen LogP contribution in [-0.4, -0.2) is 57.4 Å². The third-order valence-corrected chi connectivity index (χ3v) is 9.60. The van der Waals surface area contributed by atoms with Gasteiger partial charge in [-0.05, 0) is 56.4 Å². The number of hydrogen-bond acceptors (Lipinski definition) is 7. The van der Waals surface area contributed by atoms with Crippen LogP contribution in [0, 0.1) is 12.8 Å². The molecule has 0 spiro atoms. The zero-order valence-corrected chi connectivity index (χ0v) is 24.2. The second-order valence-electron chi connectivity index (χ2n) is 12.3. The number of carbonyl (C=O) groups is 1. The van der Waals surface area contributed by atoms with Crippen LogP contribution < -0.4 is 20.7 Å². The summed E-state index contributed by atoms with van der Waals surface area (Å²) in [5.41, 5.74) is 7.44. The molecule has 3 fully saturated rings. The molecule has 1 amide bonds. The molecule has 1 aromatic heterocycles. The first-order valence-electron chi connectivity index (χ1n) is 15.5. The summed E-state index contributed by atoms with van der Waals surface area (Å²) < 4.78 is 2.40. The molecule has 41 heavy (non-hydrogen) atoms. The van der Waals surface area contributed by atoms with E-state index in [0.717, 1.165) is 50.7 Å². The standard InChI is InChI=1S/C32H42N8O/c1-22-10-8-13-25(20-22)38-19-18-37(21-23(38)2)29(41)17-9-16-28-34-35-32-39(28)27-15-7-6-14-26(27)31-33-30(36-40(31)32)24-11-4-3-5-12-24/h3-5,8,10-13,20,23,26-27,30-31,33,36H,6-7,9,14-19,21H2,1-2H3/t23-,26?,27?,30?,31?/m0/s1. The third-order valence-electron chi connectivity index (χ3n) is 9.60. The van der Waals surface area contributed by atoms with Crippen molar-refractivity contribution in [3.05, 3.63) is 71.5 Å². The number of aryl methyl sites for hydroxylation is 2. The van der Waals surface area contributed by atoms with Gasteiger partial charge in [-0.3, -0.25) is 19.7 Å². The normalized spacial score (nSPS) is 27.4. The van der Waals surface area contributed by atoms with Crippen molar-refractivity contribution in [3.8, 4) is 0 Å². The maximum Gasteiger partial charge on any atom is 0.243 e. The number of piperazine rings is 1. The smallest absolute Gasteiger partial charge is 0.243 e. The summed E-state index contributed by atoms with van der Waals surface area (Å²) in [5, 5.41) is 15.5. The summed E-state index contributed by atoms with van der Waals surface area (Å²) in [7, 11) is 0. The summed E-state index contributed by atoms with van der Waals surface area (Å²) in [4.78, 5) is 17.7. The Morgan fingerprint density at radius 3 is 2.71 bits per heavy atom. The monoisotopic (exact) mass is 554 g/mol. The first-order chi connectivity index (χ1) is 20.1. The molecule has 7 rings (SSSR count). The van der Waals surface area contributed by atoms with Gasteiger partial charge in [-0.2, -0.15) is 0 Å². The average Bonchev–Trinajstić information content (AvgIpc) is 3.63. The number of carbonyl (C=O) groups excluding carboxylic acids is 1. The van der Waals surface area contributed by atoms with Crippen molar-refractivity contribution in [2.45, 2.75) is 83.2 Å². The van der Waals surface area contributed by atoms with E-state index in [1.54, 1.807) is 0 Å². The molecule has 4 unspecified atom stereocenters. The minimum absolute atomic E-state index is 0.0573. The highest BCUT2D eigenvalue weighted by molar-refractivity contribution is 5.76. The first-order valence-corrected chi connectivity index (χ1v) is 15.5. The van der Waals surface area contributed by atoms with Gasteiger partial charge in [-0.15, -0.1) is 10.2 Å². The Labute approximate surface area is 242 Å². The Balaban J connectivity index is 1.00. The molecular formula is C32H42N8O. The van der Waals surface area contributed by atoms with E-state index in [0.29, 0.717) is 24.4 Å². The van der Waals surface area contributed by atoms with E-state index in [4.69, 9.17) is 10.2 Å². The van der Waals surface area contributed by atoms with Crippen LogP contribution >= 0.6 is 0 Å². The highest BCUT2D eigenvalue weighted by atomic mass is 16.2. The van der Waals surface area contributed by atoms with Crippen LogP contribution in [0.15, 0.2) is 54.6 Å². The molecule has 4 heterocycles. The van der Waals surface area contributed by atoms with Crippen molar-refractivity contribution in [2.24, 2.45) is 5.92 Å². The van der Waals surface area contributed by atoms with Gasteiger partial charge in [0.15, 0.2) is 0 Å². The quantitative estimate of drug-likeness (QED) is 0.470. The number of anilines is 2. The number of hydrazine groups is 1. The number of nitrogens with one attached hydrogen (secondary N) is 2. The van der Waals surface area contributed by atoms with Gasteiger partial charge in [0, 0.05) is 56.2 Å². The highest BCUT2D eigenvalue weighted by Gasteiger charge is 2.48. The van der Waals surface area contributed by atoms with E-state index in [2.05, 4.69) is 98.6 Å². The largest absolute Gasteiger partial charge is 0.365 e. The van der Waals surface area contributed by atoms with Gasteiger partial charge in [0.2, 0.25) is 11.9 Å². The van der Waals surface area contributed by atoms with Crippen molar-refractivity contribution in [2.75, 3.05) is 29.5 Å². The molecule has 2 N–H and O–H groups in total. The maximum atomic E-state index is 13.2. The summed E-state index contributed by atoms with van der Waals surface area (Å²) in [6.07, 6.45) is 7.24. The highest BCUT2D eigenvalue weighted by Crippen LogP contribution is 2.45. The minimum atomic E-state index is 0.0573. The Hall–Kier alpha value is -3.43. The van der Waals surface area contributed by atoms with E-state index in [1.807, 2.05) is 0 Å². The van der Waals surface area contributed by atoms with E-state index in [-0.39, 0.29) is 18.2 Å². The third kappa shape index (κ3) is 4.99. The lowest BCUT2D eigenvalue weighted by Gasteiger charge is -2.44. The molecule has 3 aliphatic heterocycles. The maximum absolute atomic E-state index is 13.2. The second kappa shape index (κ2) is 11.1. The molecule has 4 aliphatic rings. The Bertz CT molecular complexity index is 1380. The second-order valence-corrected chi connectivity index (χ2v) is 12.3. The van der Waals surface area contributed by atoms with Crippen LogP contribution in [0.5, 0.6) is 0 Å². The van der Waals surface area contributed by atoms with Crippen LogP contribution in [0.1, 0.15) is 74.6 Å². The fraction of sp³-hybridized carbons (Fsp3) is 0.531. The molecule has 1 aliphatic carbocycles. The molecule has 1 saturated carbocycles. The van der Waals surface area contributed by atoms with Crippen LogP contribution in [0.25, 0.3) is 0 Å². The molecule has 3 aromatic rings. The van der Waals surface area contributed by atoms with E-state index < -0.39 is 0 Å². The number of amides is 1. The van der Waals surface area contributed by atoms with Gasteiger partial charge in [0.25, 0.3) is 0 Å². The summed E-state index contributed by atoms with van der Waals surface area (Å²) in [5.74, 6) is 2.68. The van der Waals surface area contributed by atoms with Gasteiger partial charge >= 0.3 is 0 Å².